The maximum absolute atomic E-state index is 13.5. The van der Waals surface area contributed by atoms with Crippen molar-refractivity contribution in [2.45, 2.75) is 26.3 Å². The van der Waals surface area contributed by atoms with Crippen molar-refractivity contribution in [3.63, 3.8) is 0 Å². The number of likely N-dealkylation sites (N-methyl/N-ethyl adjacent to an activating group) is 1. The summed E-state index contributed by atoms with van der Waals surface area (Å²) in [6.45, 7) is 5.68. The van der Waals surface area contributed by atoms with Gasteiger partial charge in [0, 0.05) is 35.7 Å². The molecule has 1 aliphatic rings. The molecule has 0 saturated carbocycles. The molecule has 5 heteroatoms. The van der Waals surface area contributed by atoms with Gasteiger partial charge in [0.15, 0.2) is 0 Å². The Morgan fingerprint density at radius 1 is 1.39 bits per heavy atom. The Hall–Kier alpha value is -1.88. The number of aromatic nitrogens is 1. The second-order valence-corrected chi connectivity index (χ2v) is 6.90. The number of likely N-dealkylation sites (tertiary alicyclic amines) is 1. The molecule has 1 aromatic carbocycles. The average molecular weight is 317 g/mol. The zero-order valence-corrected chi connectivity index (χ0v) is 14.2. The molecule has 1 aromatic heterocycles. The number of benzene rings is 1. The molecule has 2 aromatic rings. The second-order valence-electron chi connectivity index (χ2n) is 6.90. The lowest BCUT2D eigenvalue weighted by Gasteiger charge is -2.22. The third-order valence-electron chi connectivity index (χ3n) is 5.00. The molecule has 3 rings (SSSR count). The number of aryl methyl sites for hydroxylation is 1. The number of aromatic amines is 1. The molecule has 0 unspecified atom stereocenters. The van der Waals surface area contributed by atoms with E-state index in [1.165, 1.54) is 12.1 Å². The van der Waals surface area contributed by atoms with Gasteiger partial charge in [-0.2, -0.15) is 0 Å². The number of amides is 1. The van der Waals surface area contributed by atoms with E-state index in [1.54, 1.807) is 6.07 Å². The number of H-pyrrole nitrogens is 1. The van der Waals surface area contributed by atoms with Crippen LogP contribution in [0.3, 0.4) is 0 Å². The van der Waals surface area contributed by atoms with E-state index in [2.05, 4.69) is 30.9 Å². The van der Waals surface area contributed by atoms with Gasteiger partial charge in [-0.25, -0.2) is 4.39 Å². The van der Waals surface area contributed by atoms with Gasteiger partial charge in [-0.05, 0) is 50.7 Å². The van der Waals surface area contributed by atoms with Gasteiger partial charge in [-0.1, -0.05) is 6.92 Å². The van der Waals surface area contributed by atoms with Crippen LogP contribution in [0, 0.1) is 18.7 Å². The number of rotatable bonds is 3. The lowest BCUT2D eigenvalue weighted by molar-refractivity contribution is -0.129. The number of nitrogens with zero attached hydrogens (tertiary/aromatic N) is 2. The topological polar surface area (TPSA) is 39.3 Å². The largest absolute Gasteiger partial charge is 0.358 e. The summed E-state index contributed by atoms with van der Waals surface area (Å²) in [7, 11) is 4.11. The van der Waals surface area contributed by atoms with E-state index in [4.69, 9.17) is 0 Å². The van der Waals surface area contributed by atoms with E-state index in [1.807, 2.05) is 11.8 Å². The van der Waals surface area contributed by atoms with Crippen molar-refractivity contribution in [1.29, 1.82) is 0 Å². The normalized spacial score (nSPS) is 21.6. The summed E-state index contributed by atoms with van der Waals surface area (Å²) in [6, 6.07) is 5.08. The molecule has 4 nitrogen and oxygen atoms in total. The first-order valence-electron chi connectivity index (χ1n) is 8.07. The smallest absolute Gasteiger partial charge is 0.227 e. The van der Waals surface area contributed by atoms with Crippen molar-refractivity contribution in [1.82, 2.24) is 14.8 Å². The highest BCUT2D eigenvalue weighted by Crippen LogP contribution is 2.26. The van der Waals surface area contributed by atoms with Crippen LogP contribution in [0.15, 0.2) is 18.2 Å². The molecule has 1 saturated heterocycles. The number of carbonyl (C=O) groups is 1. The lowest BCUT2D eigenvalue weighted by atomic mass is 10.1. The Morgan fingerprint density at radius 3 is 2.78 bits per heavy atom. The summed E-state index contributed by atoms with van der Waals surface area (Å²) >= 11 is 0. The highest BCUT2D eigenvalue weighted by Gasteiger charge is 2.33. The summed E-state index contributed by atoms with van der Waals surface area (Å²) in [5.74, 6) is 0.317. The average Bonchev–Trinajstić information content (AvgIpc) is 3.01. The summed E-state index contributed by atoms with van der Waals surface area (Å²) < 4.78 is 13.5. The highest BCUT2D eigenvalue weighted by molar-refractivity contribution is 5.90. The Kier molecular flexibility index (Phi) is 4.15. The Labute approximate surface area is 136 Å². The summed E-state index contributed by atoms with van der Waals surface area (Å²) in [4.78, 5) is 20.1. The molecule has 23 heavy (non-hydrogen) atoms. The molecule has 2 atom stereocenters. The van der Waals surface area contributed by atoms with Crippen LogP contribution in [-0.4, -0.2) is 53.9 Å². The fraction of sp³-hybridized carbons (Fsp3) is 0.500. The van der Waals surface area contributed by atoms with Gasteiger partial charge in [-0.3, -0.25) is 4.79 Å². The van der Waals surface area contributed by atoms with Crippen molar-refractivity contribution in [2.75, 3.05) is 27.2 Å². The fourth-order valence-electron chi connectivity index (χ4n) is 3.67. The number of hydrogen-bond acceptors (Lipinski definition) is 2. The summed E-state index contributed by atoms with van der Waals surface area (Å²) in [5, 5.41) is 0.812. The minimum atomic E-state index is -0.271. The predicted molar refractivity (Wildman–Crippen MR) is 89.9 cm³/mol. The molecule has 124 valence electrons. The Bertz CT molecular complexity index is 737. The van der Waals surface area contributed by atoms with Crippen LogP contribution in [0.25, 0.3) is 10.9 Å². The summed E-state index contributed by atoms with van der Waals surface area (Å²) in [6.07, 6.45) is 0.322. The summed E-state index contributed by atoms with van der Waals surface area (Å²) in [5.41, 5.74) is 2.73. The molecule has 1 aliphatic heterocycles. The third-order valence-corrected chi connectivity index (χ3v) is 5.00. The van der Waals surface area contributed by atoms with Crippen molar-refractivity contribution in [2.24, 2.45) is 5.92 Å². The van der Waals surface area contributed by atoms with Crippen LogP contribution in [0.4, 0.5) is 4.39 Å². The SMILES string of the molecule is Cc1[nH]c2ccc(F)cc2c1CC(=O)N1C[C@@H](C)[C@H](N(C)C)C1. The predicted octanol–water partition coefficient (Wildman–Crippen LogP) is 2.57. The zero-order valence-electron chi connectivity index (χ0n) is 14.2. The monoisotopic (exact) mass is 317 g/mol. The van der Waals surface area contributed by atoms with E-state index >= 15 is 0 Å². The maximum atomic E-state index is 13.5. The highest BCUT2D eigenvalue weighted by atomic mass is 19.1. The lowest BCUT2D eigenvalue weighted by Crippen LogP contribution is -2.36. The van der Waals surface area contributed by atoms with Crippen molar-refractivity contribution < 1.29 is 9.18 Å². The number of nitrogens with one attached hydrogen (secondary N) is 1. The maximum Gasteiger partial charge on any atom is 0.227 e. The van der Waals surface area contributed by atoms with Crippen LogP contribution >= 0.6 is 0 Å². The minimum absolute atomic E-state index is 0.120. The van der Waals surface area contributed by atoms with E-state index in [-0.39, 0.29) is 11.7 Å². The molecule has 0 bridgehead atoms. The standard InChI is InChI=1S/C18H24FN3O/c1-11-9-22(10-17(11)21(3)4)18(23)8-14-12(2)20-16-6-5-13(19)7-15(14)16/h5-7,11,17,20H,8-10H2,1-4H3/t11-,17-/m1/s1. The van der Waals surface area contributed by atoms with Gasteiger partial charge >= 0.3 is 0 Å². The second kappa shape index (κ2) is 5.96. The number of carbonyl (C=O) groups excluding carboxylic acids is 1. The number of hydrogen-bond donors (Lipinski definition) is 1. The number of halogens is 1. The van der Waals surface area contributed by atoms with Crippen molar-refractivity contribution in [3.8, 4) is 0 Å². The quantitative estimate of drug-likeness (QED) is 0.945. The number of fused-ring (bicyclic) bond motifs is 1. The molecule has 0 radical (unpaired) electrons. The van der Waals surface area contributed by atoms with Gasteiger partial charge in [0.05, 0.1) is 6.42 Å². The van der Waals surface area contributed by atoms with Crippen LogP contribution in [0.5, 0.6) is 0 Å². The van der Waals surface area contributed by atoms with Gasteiger partial charge in [-0.15, -0.1) is 0 Å². The van der Waals surface area contributed by atoms with Crippen LogP contribution in [0.2, 0.25) is 0 Å². The van der Waals surface area contributed by atoms with Gasteiger partial charge < -0.3 is 14.8 Å². The molecule has 0 spiro atoms. The molecule has 0 aliphatic carbocycles. The first-order chi connectivity index (χ1) is 10.9. The van der Waals surface area contributed by atoms with E-state index in [0.717, 1.165) is 35.2 Å². The first kappa shape index (κ1) is 16.0. The molecule has 2 heterocycles. The van der Waals surface area contributed by atoms with Crippen molar-refractivity contribution in [3.05, 3.63) is 35.3 Å². The van der Waals surface area contributed by atoms with E-state index < -0.39 is 0 Å². The molecule has 1 N–H and O–H groups in total. The van der Waals surface area contributed by atoms with E-state index in [9.17, 15) is 9.18 Å². The van der Waals surface area contributed by atoms with Crippen LogP contribution < -0.4 is 0 Å². The van der Waals surface area contributed by atoms with Gasteiger partial charge in [0.2, 0.25) is 5.91 Å². The van der Waals surface area contributed by atoms with Gasteiger partial charge in [0.25, 0.3) is 0 Å². The fourth-order valence-corrected chi connectivity index (χ4v) is 3.67. The van der Waals surface area contributed by atoms with Crippen molar-refractivity contribution >= 4 is 16.8 Å². The van der Waals surface area contributed by atoms with Crippen LogP contribution in [-0.2, 0) is 11.2 Å². The minimum Gasteiger partial charge on any atom is -0.358 e. The van der Waals surface area contributed by atoms with E-state index in [0.29, 0.717) is 18.4 Å². The van der Waals surface area contributed by atoms with Crippen LogP contribution in [0.1, 0.15) is 18.2 Å². The Morgan fingerprint density at radius 2 is 2.13 bits per heavy atom. The molecular formula is C18H24FN3O. The first-order valence-corrected chi connectivity index (χ1v) is 8.07. The Balaban J connectivity index is 1.81. The zero-order chi connectivity index (χ0) is 16.7. The third kappa shape index (κ3) is 2.98. The van der Waals surface area contributed by atoms with Gasteiger partial charge in [0.1, 0.15) is 5.82 Å². The molecule has 1 amide bonds. The molecule has 1 fully saturated rings. The molecular weight excluding hydrogens is 293 g/mol.